The lowest BCUT2D eigenvalue weighted by Crippen LogP contribution is -1.91. The smallest absolute Gasteiger partial charge is 0.178 e. The summed E-state index contributed by atoms with van der Waals surface area (Å²) in [5.41, 5.74) is 0.544. The van der Waals surface area contributed by atoms with E-state index >= 15 is 0 Å². The van der Waals surface area contributed by atoms with Gasteiger partial charge in [0.05, 0.1) is 6.20 Å². The summed E-state index contributed by atoms with van der Waals surface area (Å²) in [5, 5.41) is 8.02. The van der Waals surface area contributed by atoms with Gasteiger partial charge in [-0.1, -0.05) is 28.4 Å². The first kappa shape index (κ1) is 6.82. The van der Waals surface area contributed by atoms with Crippen LogP contribution in [-0.4, -0.2) is 19.8 Å². The Labute approximate surface area is 71.8 Å². The van der Waals surface area contributed by atoms with E-state index in [0.717, 1.165) is 0 Å². The number of fused-ring (bicyclic) bond motifs is 1. The molecule has 0 bridgehead atoms. The Morgan fingerprint density at radius 3 is 3.00 bits per heavy atom. The molecule has 6 heteroatoms. The van der Waals surface area contributed by atoms with Crippen molar-refractivity contribution in [3.8, 4) is 0 Å². The lowest BCUT2D eigenvalue weighted by Gasteiger charge is -1.93. The van der Waals surface area contributed by atoms with E-state index in [-0.39, 0.29) is 0 Å². The van der Waals surface area contributed by atoms with Crippen LogP contribution >= 0.6 is 23.2 Å². The Hall–Kier alpha value is -0.870. The average Bonchev–Trinajstić information content (AvgIpc) is 2.34. The topological polar surface area (TPSA) is 43.1 Å². The second-order valence-electron chi connectivity index (χ2n) is 1.91. The van der Waals surface area contributed by atoms with Crippen molar-refractivity contribution in [3.63, 3.8) is 0 Å². The van der Waals surface area contributed by atoms with Crippen molar-refractivity contribution in [1.82, 2.24) is 19.8 Å². The molecular weight excluding hydrogens is 187 g/mol. The van der Waals surface area contributed by atoms with Gasteiger partial charge in [-0.15, -0.1) is 5.10 Å². The molecule has 0 spiro atoms. The predicted molar refractivity (Wildman–Crippen MR) is 40.8 cm³/mol. The SMILES string of the molecule is Clc1cc(Cl)n2nncc2n1. The highest BCUT2D eigenvalue weighted by atomic mass is 35.5. The Kier molecular flexibility index (Phi) is 1.44. The minimum Gasteiger partial charge on any atom is -0.215 e. The summed E-state index contributed by atoms with van der Waals surface area (Å²) in [6, 6.07) is 1.50. The zero-order valence-electron chi connectivity index (χ0n) is 5.20. The monoisotopic (exact) mass is 188 g/mol. The predicted octanol–water partition coefficient (Wildman–Crippen LogP) is 1.43. The minimum absolute atomic E-state index is 0.338. The summed E-state index contributed by atoms with van der Waals surface area (Å²) in [6.45, 7) is 0. The van der Waals surface area contributed by atoms with E-state index in [1.165, 1.54) is 16.8 Å². The highest BCUT2D eigenvalue weighted by molar-refractivity contribution is 6.33. The zero-order valence-corrected chi connectivity index (χ0v) is 6.71. The van der Waals surface area contributed by atoms with Crippen LogP contribution in [0.25, 0.3) is 5.65 Å². The van der Waals surface area contributed by atoms with Gasteiger partial charge in [-0.25, -0.2) is 4.98 Å². The van der Waals surface area contributed by atoms with Crippen molar-refractivity contribution >= 4 is 28.8 Å². The molecule has 4 nitrogen and oxygen atoms in total. The van der Waals surface area contributed by atoms with Gasteiger partial charge in [0.1, 0.15) is 10.3 Å². The second kappa shape index (κ2) is 2.32. The first-order chi connectivity index (χ1) is 5.27. The molecule has 2 aromatic heterocycles. The Morgan fingerprint density at radius 1 is 1.36 bits per heavy atom. The number of aromatic nitrogens is 4. The second-order valence-corrected chi connectivity index (χ2v) is 2.68. The van der Waals surface area contributed by atoms with Crippen LogP contribution in [0.4, 0.5) is 0 Å². The summed E-state index contributed by atoms with van der Waals surface area (Å²) in [4.78, 5) is 3.92. The Morgan fingerprint density at radius 2 is 2.18 bits per heavy atom. The van der Waals surface area contributed by atoms with Crippen molar-refractivity contribution in [2.75, 3.05) is 0 Å². The van der Waals surface area contributed by atoms with Crippen LogP contribution in [0.2, 0.25) is 10.3 Å². The van der Waals surface area contributed by atoms with Crippen molar-refractivity contribution in [1.29, 1.82) is 0 Å². The third kappa shape index (κ3) is 1.04. The van der Waals surface area contributed by atoms with Gasteiger partial charge in [-0.05, 0) is 0 Å². The van der Waals surface area contributed by atoms with Gasteiger partial charge >= 0.3 is 0 Å². The van der Waals surface area contributed by atoms with E-state index in [2.05, 4.69) is 15.3 Å². The van der Waals surface area contributed by atoms with Crippen molar-refractivity contribution < 1.29 is 0 Å². The standard InChI is InChI=1S/C5H2Cl2N4/c6-3-1-4(7)11-5(9-3)2-8-10-11/h1-2H. The third-order valence-electron chi connectivity index (χ3n) is 1.19. The fourth-order valence-electron chi connectivity index (χ4n) is 0.759. The Bertz CT molecular complexity index is 396. The molecule has 0 aromatic carbocycles. The number of halogens is 2. The molecule has 0 aliphatic heterocycles. The Balaban J connectivity index is 2.91. The highest BCUT2D eigenvalue weighted by Crippen LogP contribution is 2.14. The first-order valence-electron chi connectivity index (χ1n) is 2.80. The fourth-order valence-corrected chi connectivity index (χ4v) is 1.23. The molecule has 0 N–H and O–H groups in total. The lowest BCUT2D eigenvalue weighted by atomic mass is 10.6. The molecule has 0 aliphatic rings. The largest absolute Gasteiger partial charge is 0.215 e. The number of rotatable bonds is 0. The lowest BCUT2D eigenvalue weighted by molar-refractivity contribution is 0.847. The van der Waals surface area contributed by atoms with E-state index in [1.807, 2.05) is 0 Å². The molecule has 0 fully saturated rings. The quantitative estimate of drug-likeness (QED) is 0.588. The third-order valence-corrected chi connectivity index (χ3v) is 1.66. The fraction of sp³-hybridized carbons (Fsp3) is 0. The molecule has 0 atom stereocenters. The summed E-state index contributed by atoms with van der Waals surface area (Å²) < 4.78 is 1.40. The molecule has 0 radical (unpaired) electrons. The first-order valence-corrected chi connectivity index (χ1v) is 3.55. The normalized spacial score (nSPS) is 10.7. The van der Waals surface area contributed by atoms with Crippen LogP contribution < -0.4 is 0 Å². The van der Waals surface area contributed by atoms with Crippen LogP contribution in [0.15, 0.2) is 12.3 Å². The maximum absolute atomic E-state index is 5.74. The average molecular weight is 189 g/mol. The van der Waals surface area contributed by atoms with Crippen LogP contribution in [0.5, 0.6) is 0 Å². The van der Waals surface area contributed by atoms with Gasteiger partial charge in [-0.3, -0.25) is 0 Å². The maximum Gasteiger partial charge on any atom is 0.178 e. The number of nitrogens with zero attached hydrogens (tertiary/aromatic N) is 4. The highest BCUT2D eigenvalue weighted by Gasteiger charge is 2.02. The van der Waals surface area contributed by atoms with Crippen molar-refractivity contribution in [2.45, 2.75) is 0 Å². The molecule has 0 saturated carbocycles. The van der Waals surface area contributed by atoms with Gasteiger partial charge < -0.3 is 0 Å². The maximum atomic E-state index is 5.74. The van der Waals surface area contributed by atoms with Gasteiger partial charge in [0.2, 0.25) is 0 Å². The molecule has 2 heterocycles. The van der Waals surface area contributed by atoms with Gasteiger partial charge in [0, 0.05) is 6.07 Å². The molecule has 11 heavy (non-hydrogen) atoms. The van der Waals surface area contributed by atoms with E-state index in [0.29, 0.717) is 16.0 Å². The van der Waals surface area contributed by atoms with Crippen molar-refractivity contribution in [3.05, 3.63) is 22.6 Å². The zero-order chi connectivity index (χ0) is 7.84. The molecule has 0 saturated heterocycles. The van der Waals surface area contributed by atoms with E-state index in [9.17, 15) is 0 Å². The summed E-state index contributed by atoms with van der Waals surface area (Å²) in [7, 11) is 0. The number of hydrogen-bond donors (Lipinski definition) is 0. The minimum atomic E-state index is 0.338. The van der Waals surface area contributed by atoms with E-state index in [4.69, 9.17) is 23.2 Å². The van der Waals surface area contributed by atoms with Gasteiger partial charge in [0.15, 0.2) is 5.65 Å². The molecule has 0 amide bonds. The van der Waals surface area contributed by atoms with Crippen molar-refractivity contribution in [2.24, 2.45) is 0 Å². The van der Waals surface area contributed by atoms with E-state index in [1.54, 1.807) is 0 Å². The molecule has 0 aliphatic carbocycles. The van der Waals surface area contributed by atoms with E-state index < -0.39 is 0 Å². The molecular formula is C5H2Cl2N4. The van der Waals surface area contributed by atoms with Crippen LogP contribution in [0.1, 0.15) is 0 Å². The van der Waals surface area contributed by atoms with Crippen LogP contribution in [0, 0.1) is 0 Å². The molecule has 2 aromatic rings. The summed E-state index contributed by atoms with van der Waals surface area (Å²) in [6.07, 6.45) is 1.48. The van der Waals surface area contributed by atoms with Gasteiger partial charge in [0.25, 0.3) is 0 Å². The summed E-state index contributed by atoms with van der Waals surface area (Å²) in [5.74, 6) is 0. The molecule has 56 valence electrons. The summed E-state index contributed by atoms with van der Waals surface area (Å²) >= 11 is 11.4. The number of hydrogen-bond acceptors (Lipinski definition) is 3. The molecule has 0 unspecified atom stereocenters. The van der Waals surface area contributed by atoms with Gasteiger partial charge in [-0.2, -0.15) is 4.52 Å². The molecule has 2 rings (SSSR count). The van der Waals surface area contributed by atoms with Crippen LogP contribution in [-0.2, 0) is 0 Å². The van der Waals surface area contributed by atoms with Crippen LogP contribution in [0.3, 0.4) is 0 Å².